The van der Waals surface area contributed by atoms with Crippen LogP contribution in [0.15, 0.2) is 18.5 Å². The van der Waals surface area contributed by atoms with E-state index in [0.29, 0.717) is 11.5 Å². The van der Waals surface area contributed by atoms with Crippen LogP contribution in [0.5, 0.6) is 0 Å². The van der Waals surface area contributed by atoms with Crippen molar-refractivity contribution >= 4 is 11.6 Å². The second-order valence-corrected chi connectivity index (χ2v) is 4.57. The number of hydrogen-bond donors (Lipinski definition) is 0. The van der Waals surface area contributed by atoms with Crippen LogP contribution in [0.25, 0.3) is 5.65 Å². The molecule has 17 heavy (non-hydrogen) atoms. The third-order valence-electron chi connectivity index (χ3n) is 3.17. The molecule has 0 unspecified atom stereocenters. The Morgan fingerprint density at radius 3 is 2.88 bits per heavy atom. The molecule has 2 heterocycles. The van der Waals surface area contributed by atoms with Crippen molar-refractivity contribution in [2.75, 3.05) is 7.11 Å². The zero-order chi connectivity index (χ0) is 12.0. The van der Waals surface area contributed by atoms with Gasteiger partial charge >= 0.3 is 5.97 Å². The standard InChI is InChI=1S/C13H14N2O2/c1-8-5-10(13(16)17-2)6-15-7-11(9-3-4-9)14-12(8)15/h5-7,9H,3-4H2,1-2H3. The fourth-order valence-electron chi connectivity index (χ4n) is 2.09. The van der Waals surface area contributed by atoms with Gasteiger partial charge in [-0.3, -0.25) is 0 Å². The number of carbonyl (C=O) groups is 1. The van der Waals surface area contributed by atoms with E-state index < -0.39 is 0 Å². The molecule has 1 aliphatic carbocycles. The summed E-state index contributed by atoms with van der Waals surface area (Å²) in [4.78, 5) is 16.1. The number of pyridine rings is 1. The molecule has 0 amide bonds. The molecular weight excluding hydrogens is 216 g/mol. The van der Waals surface area contributed by atoms with Crippen LogP contribution in [0.2, 0.25) is 0 Å². The van der Waals surface area contributed by atoms with Gasteiger partial charge in [0, 0.05) is 18.3 Å². The molecule has 0 saturated heterocycles. The molecule has 88 valence electrons. The molecule has 1 aliphatic rings. The van der Waals surface area contributed by atoms with E-state index in [1.165, 1.54) is 20.0 Å². The zero-order valence-electron chi connectivity index (χ0n) is 9.93. The van der Waals surface area contributed by atoms with Crippen molar-refractivity contribution in [3.63, 3.8) is 0 Å². The average molecular weight is 230 g/mol. The Balaban J connectivity index is 2.14. The lowest BCUT2D eigenvalue weighted by Crippen LogP contribution is -2.03. The van der Waals surface area contributed by atoms with Gasteiger partial charge in [-0.15, -0.1) is 0 Å². The first-order valence-electron chi connectivity index (χ1n) is 5.76. The molecule has 0 aliphatic heterocycles. The number of aryl methyl sites for hydroxylation is 1. The zero-order valence-corrected chi connectivity index (χ0v) is 9.93. The topological polar surface area (TPSA) is 43.6 Å². The number of methoxy groups -OCH3 is 1. The molecule has 0 aromatic carbocycles. The Bertz CT molecular complexity index is 597. The van der Waals surface area contributed by atoms with Crippen molar-refractivity contribution in [3.8, 4) is 0 Å². The minimum absolute atomic E-state index is 0.309. The van der Waals surface area contributed by atoms with Crippen LogP contribution < -0.4 is 0 Å². The highest BCUT2D eigenvalue weighted by Gasteiger charge is 2.26. The second kappa shape index (κ2) is 3.58. The molecule has 4 nitrogen and oxygen atoms in total. The van der Waals surface area contributed by atoms with Crippen molar-refractivity contribution in [2.24, 2.45) is 0 Å². The number of ether oxygens (including phenoxy) is 1. The Kier molecular flexibility index (Phi) is 2.18. The fourth-order valence-corrected chi connectivity index (χ4v) is 2.09. The summed E-state index contributed by atoms with van der Waals surface area (Å²) >= 11 is 0. The first-order chi connectivity index (χ1) is 8.19. The van der Waals surface area contributed by atoms with Crippen LogP contribution in [-0.4, -0.2) is 22.5 Å². The van der Waals surface area contributed by atoms with Crippen LogP contribution in [0.3, 0.4) is 0 Å². The van der Waals surface area contributed by atoms with Crippen molar-refractivity contribution in [2.45, 2.75) is 25.7 Å². The maximum atomic E-state index is 11.5. The van der Waals surface area contributed by atoms with E-state index in [-0.39, 0.29) is 5.97 Å². The number of rotatable bonds is 2. The Labute approximate surface area is 99.2 Å². The first kappa shape index (κ1) is 10.3. The summed E-state index contributed by atoms with van der Waals surface area (Å²) in [6, 6.07) is 1.82. The SMILES string of the molecule is COC(=O)c1cc(C)c2nc(C3CC3)cn2c1. The third kappa shape index (κ3) is 1.69. The molecule has 1 fully saturated rings. The first-order valence-corrected chi connectivity index (χ1v) is 5.76. The summed E-state index contributed by atoms with van der Waals surface area (Å²) in [6.45, 7) is 1.96. The molecule has 2 aromatic heterocycles. The molecule has 1 saturated carbocycles. The van der Waals surface area contributed by atoms with Gasteiger partial charge in [-0.25, -0.2) is 9.78 Å². The van der Waals surface area contributed by atoms with E-state index in [4.69, 9.17) is 4.74 Å². The second-order valence-electron chi connectivity index (χ2n) is 4.57. The lowest BCUT2D eigenvalue weighted by molar-refractivity contribution is 0.0600. The number of carbonyl (C=O) groups excluding carboxylic acids is 1. The van der Waals surface area contributed by atoms with Crippen LogP contribution >= 0.6 is 0 Å². The van der Waals surface area contributed by atoms with E-state index in [1.54, 1.807) is 6.20 Å². The van der Waals surface area contributed by atoms with E-state index >= 15 is 0 Å². The highest BCUT2D eigenvalue weighted by molar-refractivity contribution is 5.89. The Morgan fingerprint density at radius 1 is 1.47 bits per heavy atom. The summed E-state index contributed by atoms with van der Waals surface area (Å²) in [5, 5.41) is 0. The smallest absolute Gasteiger partial charge is 0.339 e. The van der Waals surface area contributed by atoms with E-state index in [0.717, 1.165) is 16.9 Å². The summed E-state index contributed by atoms with van der Waals surface area (Å²) in [6.07, 6.45) is 6.26. The van der Waals surface area contributed by atoms with Crippen molar-refractivity contribution in [3.05, 3.63) is 35.3 Å². The molecule has 2 aromatic rings. The van der Waals surface area contributed by atoms with Crippen molar-refractivity contribution < 1.29 is 9.53 Å². The van der Waals surface area contributed by atoms with Gasteiger partial charge in [-0.1, -0.05) is 0 Å². The van der Waals surface area contributed by atoms with Gasteiger partial charge < -0.3 is 9.14 Å². The maximum absolute atomic E-state index is 11.5. The van der Waals surface area contributed by atoms with Crippen molar-refractivity contribution in [1.29, 1.82) is 0 Å². The molecule has 4 heteroatoms. The summed E-state index contributed by atoms with van der Waals surface area (Å²) in [5.41, 5.74) is 3.63. The normalized spacial score (nSPS) is 15.2. The summed E-state index contributed by atoms with van der Waals surface area (Å²) < 4.78 is 6.66. The van der Waals surface area contributed by atoms with Crippen LogP contribution in [-0.2, 0) is 4.74 Å². The van der Waals surface area contributed by atoms with Crippen LogP contribution in [0, 0.1) is 6.92 Å². The highest BCUT2D eigenvalue weighted by atomic mass is 16.5. The molecule has 0 atom stereocenters. The summed E-state index contributed by atoms with van der Waals surface area (Å²) in [5.74, 6) is 0.313. The molecule has 0 spiro atoms. The van der Waals surface area contributed by atoms with Gasteiger partial charge in [-0.05, 0) is 31.4 Å². The fraction of sp³-hybridized carbons (Fsp3) is 0.385. The van der Waals surface area contributed by atoms with Crippen LogP contribution in [0.1, 0.15) is 40.4 Å². The van der Waals surface area contributed by atoms with Gasteiger partial charge in [0.1, 0.15) is 5.65 Å². The van der Waals surface area contributed by atoms with E-state index in [2.05, 4.69) is 4.98 Å². The van der Waals surface area contributed by atoms with Gasteiger partial charge in [0.2, 0.25) is 0 Å². The van der Waals surface area contributed by atoms with E-state index in [9.17, 15) is 4.79 Å². The minimum atomic E-state index is -0.309. The average Bonchev–Trinajstić information content (AvgIpc) is 3.08. The van der Waals surface area contributed by atoms with Gasteiger partial charge in [-0.2, -0.15) is 0 Å². The number of fused-ring (bicyclic) bond motifs is 1. The van der Waals surface area contributed by atoms with E-state index in [1.807, 2.05) is 23.6 Å². The molecule has 0 bridgehead atoms. The van der Waals surface area contributed by atoms with Gasteiger partial charge in [0.25, 0.3) is 0 Å². The third-order valence-corrected chi connectivity index (χ3v) is 3.17. The van der Waals surface area contributed by atoms with Crippen molar-refractivity contribution in [1.82, 2.24) is 9.38 Å². The molecule has 3 rings (SSSR count). The number of aromatic nitrogens is 2. The lowest BCUT2D eigenvalue weighted by atomic mass is 10.2. The highest BCUT2D eigenvalue weighted by Crippen LogP contribution is 2.39. The number of imidazole rings is 1. The lowest BCUT2D eigenvalue weighted by Gasteiger charge is -2.02. The number of hydrogen-bond acceptors (Lipinski definition) is 3. The minimum Gasteiger partial charge on any atom is -0.465 e. The molecule has 0 N–H and O–H groups in total. The largest absolute Gasteiger partial charge is 0.465 e. The number of esters is 1. The predicted octanol–water partition coefficient (Wildman–Crippen LogP) is 2.31. The summed E-state index contributed by atoms with van der Waals surface area (Å²) in [7, 11) is 1.39. The predicted molar refractivity (Wildman–Crippen MR) is 63.2 cm³/mol. The Morgan fingerprint density at radius 2 is 2.24 bits per heavy atom. The maximum Gasteiger partial charge on any atom is 0.339 e. The van der Waals surface area contributed by atoms with Gasteiger partial charge in [0.05, 0.1) is 18.4 Å². The monoisotopic (exact) mass is 230 g/mol. The molecular formula is C13H14N2O2. The number of nitrogens with zero attached hydrogens (tertiary/aromatic N) is 2. The quantitative estimate of drug-likeness (QED) is 0.743. The van der Waals surface area contributed by atoms with Crippen LogP contribution in [0.4, 0.5) is 0 Å². The Hall–Kier alpha value is -1.84. The van der Waals surface area contributed by atoms with Gasteiger partial charge in [0.15, 0.2) is 0 Å². The molecule has 0 radical (unpaired) electrons.